The number of hydrogen-bond acceptors (Lipinski definition) is 3. The van der Waals surface area contributed by atoms with E-state index in [9.17, 15) is 4.79 Å². The summed E-state index contributed by atoms with van der Waals surface area (Å²) in [7, 11) is 1.71. The summed E-state index contributed by atoms with van der Waals surface area (Å²) >= 11 is 0. The first-order chi connectivity index (χ1) is 9.13. The quantitative estimate of drug-likeness (QED) is 0.856. The third-order valence-corrected chi connectivity index (χ3v) is 3.62. The lowest BCUT2D eigenvalue weighted by molar-refractivity contribution is 0.0176. The minimum atomic E-state index is 0.0140. The van der Waals surface area contributed by atoms with E-state index in [0.717, 1.165) is 36.2 Å². The van der Waals surface area contributed by atoms with Gasteiger partial charge in [0, 0.05) is 30.9 Å². The van der Waals surface area contributed by atoms with Gasteiger partial charge in [-0.05, 0) is 50.5 Å². The molecule has 1 aromatic rings. The van der Waals surface area contributed by atoms with Gasteiger partial charge in [-0.25, -0.2) is 0 Å². The number of benzene rings is 1. The largest absolute Gasteiger partial charge is 0.385 e. The zero-order valence-corrected chi connectivity index (χ0v) is 11.8. The van der Waals surface area contributed by atoms with Crippen LogP contribution in [0.3, 0.4) is 0 Å². The molecule has 0 aromatic heterocycles. The Morgan fingerprint density at radius 3 is 2.74 bits per heavy atom. The molecular formula is C15H22N2O2. The second-order valence-electron chi connectivity index (χ2n) is 5.06. The van der Waals surface area contributed by atoms with E-state index in [4.69, 9.17) is 4.74 Å². The zero-order chi connectivity index (χ0) is 13.8. The Balaban J connectivity index is 1.96. The minimum absolute atomic E-state index is 0.0140. The molecule has 2 rings (SSSR count). The van der Waals surface area contributed by atoms with Crippen LogP contribution >= 0.6 is 0 Å². The van der Waals surface area contributed by atoms with Crippen molar-refractivity contribution in [2.45, 2.75) is 38.8 Å². The molecule has 2 N–H and O–H groups in total. The highest BCUT2D eigenvalue weighted by atomic mass is 16.5. The van der Waals surface area contributed by atoms with Crippen LogP contribution in [0.2, 0.25) is 0 Å². The maximum Gasteiger partial charge on any atom is 0.251 e. The van der Waals surface area contributed by atoms with Gasteiger partial charge in [-0.1, -0.05) is 0 Å². The van der Waals surface area contributed by atoms with Crippen molar-refractivity contribution in [2.24, 2.45) is 0 Å². The van der Waals surface area contributed by atoms with E-state index in [2.05, 4.69) is 17.6 Å². The number of nitrogens with one attached hydrogen (secondary N) is 2. The van der Waals surface area contributed by atoms with Crippen LogP contribution in [0.15, 0.2) is 18.2 Å². The van der Waals surface area contributed by atoms with Crippen LogP contribution in [-0.2, 0) is 4.74 Å². The fourth-order valence-corrected chi connectivity index (χ4v) is 2.37. The van der Waals surface area contributed by atoms with Crippen molar-refractivity contribution in [2.75, 3.05) is 19.0 Å². The average molecular weight is 262 g/mol. The Morgan fingerprint density at radius 1 is 1.42 bits per heavy atom. The van der Waals surface area contributed by atoms with Gasteiger partial charge in [-0.2, -0.15) is 0 Å². The van der Waals surface area contributed by atoms with E-state index in [1.54, 1.807) is 7.11 Å². The summed E-state index contributed by atoms with van der Waals surface area (Å²) in [4.78, 5) is 12.2. The summed E-state index contributed by atoms with van der Waals surface area (Å²) in [5, 5.41) is 6.29. The summed E-state index contributed by atoms with van der Waals surface area (Å²) in [5.74, 6) is 0.0140. The molecule has 1 aliphatic carbocycles. The van der Waals surface area contributed by atoms with Gasteiger partial charge in [0.25, 0.3) is 5.91 Å². The van der Waals surface area contributed by atoms with Gasteiger partial charge >= 0.3 is 0 Å². The lowest BCUT2D eigenvalue weighted by Gasteiger charge is -2.34. The maximum absolute atomic E-state index is 12.2. The maximum atomic E-state index is 12.2. The Hall–Kier alpha value is -1.55. The number of hydrogen-bond donors (Lipinski definition) is 2. The standard InChI is InChI=1S/C15H22N2O2/c1-4-16-11-5-6-14(10(2)7-11)15(18)17-12-8-13(9-12)19-3/h5-7,12-13,16H,4,8-9H2,1-3H3,(H,17,18). The van der Waals surface area contributed by atoms with Crippen molar-refractivity contribution in [1.82, 2.24) is 5.32 Å². The lowest BCUT2D eigenvalue weighted by Crippen LogP contribution is -2.47. The van der Waals surface area contributed by atoms with Gasteiger partial charge in [-0.15, -0.1) is 0 Å². The number of carbonyl (C=O) groups excluding carboxylic acids is 1. The molecule has 1 fully saturated rings. The number of amides is 1. The Kier molecular flexibility index (Phi) is 4.43. The SMILES string of the molecule is CCNc1ccc(C(=O)NC2CC(OC)C2)c(C)c1. The summed E-state index contributed by atoms with van der Waals surface area (Å²) < 4.78 is 5.21. The van der Waals surface area contributed by atoms with Gasteiger partial charge in [0.05, 0.1) is 6.10 Å². The van der Waals surface area contributed by atoms with E-state index in [0.29, 0.717) is 6.10 Å². The van der Waals surface area contributed by atoms with Crippen LogP contribution in [-0.4, -0.2) is 31.7 Å². The summed E-state index contributed by atoms with van der Waals surface area (Å²) in [6.45, 7) is 4.90. The molecule has 0 unspecified atom stereocenters. The first-order valence-electron chi connectivity index (χ1n) is 6.82. The zero-order valence-electron chi connectivity index (χ0n) is 11.8. The fraction of sp³-hybridized carbons (Fsp3) is 0.533. The lowest BCUT2D eigenvalue weighted by atomic mass is 9.89. The number of carbonyl (C=O) groups is 1. The van der Waals surface area contributed by atoms with Gasteiger partial charge in [0.2, 0.25) is 0 Å². The van der Waals surface area contributed by atoms with Crippen molar-refractivity contribution in [3.8, 4) is 0 Å². The number of aryl methyl sites for hydroxylation is 1. The second-order valence-corrected chi connectivity index (χ2v) is 5.06. The van der Waals surface area contributed by atoms with Crippen LogP contribution in [0.4, 0.5) is 5.69 Å². The first kappa shape index (κ1) is 13.9. The van der Waals surface area contributed by atoms with Crippen molar-refractivity contribution >= 4 is 11.6 Å². The van der Waals surface area contributed by atoms with E-state index in [-0.39, 0.29) is 11.9 Å². The fourth-order valence-electron chi connectivity index (χ4n) is 2.37. The van der Waals surface area contributed by atoms with E-state index < -0.39 is 0 Å². The Morgan fingerprint density at radius 2 is 2.16 bits per heavy atom. The molecule has 1 aliphatic rings. The van der Waals surface area contributed by atoms with E-state index in [1.807, 2.05) is 25.1 Å². The molecule has 0 spiro atoms. The van der Waals surface area contributed by atoms with Crippen molar-refractivity contribution < 1.29 is 9.53 Å². The normalized spacial score (nSPS) is 21.6. The highest BCUT2D eigenvalue weighted by Crippen LogP contribution is 2.23. The molecule has 1 saturated carbocycles. The number of ether oxygens (including phenoxy) is 1. The summed E-state index contributed by atoms with van der Waals surface area (Å²) in [6, 6.07) is 6.10. The number of rotatable bonds is 5. The molecule has 104 valence electrons. The Bertz CT molecular complexity index is 453. The molecule has 0 heterocycles. The van der Waals surface area contributed by atoms with E-state index in [1.165, 1.54) is 0 Å². The van der Waals surface area contributed by atoms with Crippen molar-refractivity contribution in [3.05, 3.63) is 29.3 Å². The monoisotopic (exact) mass is 262 g/mol. The smallest absolute Gasteiger partial charge is 0.251 e. The van der Waals surface area contributed by atoms with Crippen LogP contribution in [0.5, 0.6) is 0 Å². The van der Waals surface area contributed by atoms with Crippen LogP contribution in [0.1, 0.15) is 35.7 Å². The van der Waals surface area contributed by atoms with Gasteiger partial charge in [-0.3, -0.25) is 4.79 Å². The predicted molar refractivity (Wildman–Crippen MR) is 76.6 cm³/mol. The number of methoxy groups -OCH3 is 1. The third-order valence-electron chi connectivity index (χ3n) is 3.62. The van der Waals surface area contributed by atoms with Crippen LogP contribution < -0.4 is 10.6 Å². The van der Waals surface area contributed by atoms with Crippen LogP contribution in [0, 0.1) is 6.92 Å². The highest BCUT2D eigenvalue weighted by molar-refractivity contribution is 5.96. The molecule has 0 atom stereocenters. The molecule has 1 aromatic carbocycles. The van der Waals surface area contributed by atoms with Crippen molar-refractivity contribution in [1.29, 1.82) is 0 Å². The van der Waals surface area contributed by atoms with Gasteiger partial charge in [0.1, 0.15) is 0 Å². The highest BCUT2D eigenvalue weighted by Gasteiger charge is 2.30. The predicted octanol–water partition coefficient (Wildman–Crippen LogP) is 2.33. The molecular weight excluding hydrogens is 240 g/mol. The number of anilines is 1. The molecule has 1 amide bonds. The van der Waals surface area contributed by atoms with Crippen molar-refractivity contribution in [3.63, 3.8) is 0 Å². The van der Waals surface area contributed by atoms with E-state index >= 15 is 0 Å². The molecule has 4 heteroatoms. The van der Waals surface area contributed by atoms with Gasteiger partial charge in [0.15, 0.2) is 0 Å². The second kappa shape index (κ2) is 6.06. The Labute approximate surface area is 114 Å². The average Bonchev–Trinajstić information content (AvgIpc) is 2.33. The first-order valence-corrected chi connectivity index (χ1v) is 6.82. The summed E-state index contributed by atoms with van der Waals surface area (Å²) in [5.41, 5.74) is 2.81. The van der Waals surface area contributed by atoms with Gasteiger partial charge < -0.3 is 15.4 Å². The molecule has 0 saturated heterocycles. The third kappa shape index (κ3) is 3.26. The molecule has 0 bridgehead atoms. The molecule has 4 nitrogen and oxygen atoms in total. The molecule has 19 heavy (non-hydrogen) atoms. The minimum Gasteiger partial charge on any atom is -0.385 e. The topological polar surface area (TPSA) is 50.4 Å². The molecule has 0 radical (unpaired) electrons. The van der Waals surface area contributed by atoms with Crippen LogP contribution in [0.25, 0.3) is 0 Å². The molecule has 0 aliphatic heterocycles. The summed E-state index contributed by atoms with van der Waals surface area (Å²) in [6.07, 6.45) is 2.13.